The molecular formula is C11H17NO. The number of hydrogen-bond donors (Lipinski definition) is 1. The Kier molecular flexibility index (Phi) is 2.57. The van der Waals surface area contributed by atoms with E-state index in [9.17, 15) is 0 Å². The van der Waals surface area contributed by atoms with Crippen LogP contribution in [0.4, 0.5) is 0 Å². The average molecular weight is 179 g/mol. The van der Waals surface area contributed by atoms with Crippen molar-refractivity contribution in [2.75, 3.05) is 13.2 Å². The zero-order chi connectivity index (χ0) is 9.15. The topological polar surface area (TPSA) is 21.3 Å². The predicted octanol–water partition coefficient (Wildman–Crippen LogP) is 1.31. The Hall–Kier alpha value is -0.520. The van der Waals surface area contributed by atoms with E-state index in [1.807, 2.05) is 0 Å². The molecule has 2 fully saturated rings. The first-order valence-corrected chi connectivity index (χ1v) is 5.15. The van der Waals surface area contributed by atoms with Gasteiger partial charge in [0.05, 0.1) is 12.1 Å². The summed E-state index contributed by atoms with van der Waals surface area (Å²) in [6.07, 6.45) is 11.3. The predicted molar refractivity (Wildman–Crippen MR) is 52.4 cm³/mol. The number of nitrogens with one attached hydrogen (secondary N) is 1. The minimum Gasteiger partial charge on any atom is -0.375 e. The van der Waals surface area contributed by atoms with Crippen LogP contribution in [0.1, 0.15) is 32.1 Å². The lowest BCUT2D eigenvalue weighted by atomic mass is 9.74. The summed E-state index contributed by atoms with van der Waals surface area (Å²) in [5.41, 5.74) is 0.241. The third kappa shape index (κ3) is 1.87. The van der Waals surface area contributed by atoms with Gasteiger partial charge in [0.15, 0.2) is 0 Å². The third-order valence-corrected chi connectivity index (χ3v) is 3.25. The second kappa shape index (κ2) is 3.69. The normalized spacial score (nSPS) is 30.8. The average Bonchev–Trinajstić information content (AvgIpc) is 2.13. The van der Waals surface area contributed by atoms with Crippen LogP contribution in [0, 0.1) is 12.3 Å². The van der Waals surface area contributed by atoms with Crippen molar-refractivity contribution in [1.29, 1.82) is 0 Å². The van der Waals surface area contributed by atoms with Gasteiger partial charge in [-0.1, -0.05) is 5.92 Å². The summed E-state index contributed by atoms with van der Waals surface area (Å²) in [6, 6.07) is 0.588. The Morgan fingerprint density at radius 3 is 3.00 bits per heavy atom. The molecule has 0 aromatic heterocycles. The maximum absolute atomic E-state index is 5.82. The van der Waals surface area contributed by atoms with Gasteiger partial charge in [0.2, 0.25) is 0 Å². The summed E-state index contributed by atoms with van der Waals surface area (Å²) >= 11 is 0. The molecule has 72 valence electrons. The SMILES string of the molecule is C#CCNC1CCOC2(CCC2)C1. The summed E-state index contributed by atoms with van der Waals surface area (Å²) in [4.78, 5) is 0. The van der Waals surface area contributed by atoms with Crippen molar-refractivity contribution in [3.63, 3.8) is 0 Å². The first-order valence-electron chi connectivity index (χ1n) is 5.15. The second-order valence-electron chi connectivity index (χ2n) is 4.16. The molecule has 1 saturated carbocycles. The van der Waals surface area contributed by atoms with Gasteiger partial charge in [-0.05, 0) is 32.1 Å². The summed E-state index contributed by atoms with van der Waals surface area (Å²) < 4.78 is 5.82. The van der Waals surface area contributed by atoms with E-state index in [1.54, 1.807) is 0 Å². The fourth-order valence-electron chi connectivity index (χ4n) is 2.32. The number of ether oxygens (including phenoxy) is 1. The summed E-state index contributed by atoms with van der Waals surface area (Å²) in [7, 11) is 0. The maximum atomic E-state index is 5.82. The van der Waals surface area contributed by atoms with E-state index in [-0.39, 0.29) is 5.60 Å². The summed E-state index contributed by atoms with van der Waals surface area (Å²) in [5.74, 6) is 2.63. The standard InChI is InChI=1S/C11H17NO/c1-2-7-12-10-4-8-13-11(9-10)5-3-6-11/h1,10,12H,3-9H2. The highest BCUT2D eigenvalue weighted by molar-refractivity contribution is 4.97. The molecule has 2 rings (SSSR count). The fraction of sp³-hybridized carbons (Fsp3) is 0.818. The molecule has 1 unspecified atom stereocenters. The van der Waals surface area contributed by atoms with Crippen LogP contribution in [0.3, 0.4) is 0 Å². The Bertz CT molecular complexity index is 215. The van der Waals surface area contributed by atoms with Gasteiger partial charge in [-0.25, -0.2) is 0 Å². The Balaban J connectivity index is 1.82. The van der Waals surface area contributed by atoms with E-state index >= 15 is 0 Å². The molecule has 1 aliphatic carbocycles. The molecule has 1 N–H and O–H groups in total. The van der Waals surface area contributed by atoms with Crippen molar-refractivity contribution in [3.8, 4) is 12.3 Å². The Morgan fingerprint density at radius 1 is 1.54 bits per heavy atom. The van der Waals surface area contributed by atoms with Crippen molar-refractivity contribution in [1.82, 2.24) is 5.32 Å². The van der Waals surface area contributed by atoms with E-state index in [1.165, 1.54) is 19.3 Å². The smallest absolute Gasteiger partial charge is 0.0697 e. The van der Waals surface area contributed by atoms with Gasteiger partial charge in [0.25, 0.3) is 0 Å². The van der Waals surface area contributed by atoms with Crippen LogP contribution in [0.5, 0.6) is 0 Å². The van der Waals surface area contributed by atoms with Crippen LogP contribution in [0.2, 0.25) is 0 Å². The highest BCUT2D eigenvalue weighted by atomic mass is 16.5. The minimum absolute atomic E-state index is 0.241. The first kappa shape index (κ1) is 9.05. The fourth-order valence-corrected chi connectivity index (χ4v) is 2.32. The van der Waals surface area contributed by atoms with Crippen molar-refractivity contribution in [3.05, 3.63) is 0 Å². The Labute approximate surface area is 80.0 Å². The van der Waals surface area contributed by atoms with Crippen LogP contribution in [0.25, 0.3) is 0 Å². The molecule has 0 aromatic carbocycles. The van der Waals surface area contributed by atoms with E-state index in [2.05, 4.69) is 11.2 Å². The van der Waals surface area contributed by atoms with Gasteiger partial charge in [0, 0.05) is 12.6 Å². The molecule has 13 heavy (non-hydrogen) atoms. The molecule has 0 radical (unpaired) electrons. The first-order chi connectivity index (χ1) is 6.35. The monoisotopic (exact) mass is 179 g/mol. The lowest BCUT2D eigenvalue weighted by molar-refractivity contribution is -0.135. The van der Waals surface area contributed by atoms with Crippen molar-refractivity contribution < 1.29 is 4.74 Å². The highest BCUT2D eigenvalue weighted by Crippen LogP contribution is 2.42. The molecule has 0 aromatic rings. The lowest BCUT2D eigenvalue weighted by Gasteiger charge is -2.47. The molecule has 0 amide bonds. The van der Waals surface area contributed by atoms with Crippen molar-refractivity contribution >= 4 is 0 Å². The van der Waals surface area contributed by atoms with E-state index in [4.69, 9.17) is 11.2 Å². The van der Waals surface area contributed by atoms with Crippen molar-refractivity contribution in [2.45, 2.75) is 43.7 Å². The molecule has 0 bridgehead atoms. The molecule has 1 atom stereocenters. The molecule has 1 spiro atoms. The second-order valence-corrected chi connectivity index (χ2v) is 4.16. The van der Waals surface area contributed by atoms with Crippen LogP contribution < -0.4 is 5.32 Å². The molecule has 1 aliphatic heterocycles. The minimum atomic E-state index is 0.241. The van der Waals surface area contributed by atoms with Crippen LogP contribution in [-0.4, -0.2) is 24.8 Å². The largest absolute Gasteiger partial charge is 0.375 e. The zero-order valence-corrected chi connectivity index (χ0v) is 8.01. The van der Waals surface area contributed by atoms with Crippen LogP contribution in [0.15, 0.2) is 0 Å². The number of hydrogen-bond acceptors (Lipinski definition) is 2. The van der Waals surface area contributed by atoms with Gasteiger partial charge in [-0.3, -0.25) is 0 Å². The number of terminal acetylenes is 1. The third-order valence-electron chi connectivity index (χ3n) is 3.25. The molecule has 2 aliphatic rings. The lowest BCUT2D eigenvalue weighted by Crippen LogP contribution is -2.50. The van der Waals surface area contributed by atoms with E-state index < -0.39 is 0 Å². The molecular weight excluding hydrogens is 162 g/mol. The van der Waals surface area contributed by atoms with Crippen LogP contribution >= 0.6 is 0 Å². The van der Waals surface area contributed by atoms with E-state index in [0.29, 0.717) is 12.6 Å². The molecule has 1 saturated heterocycles. The van der Waals surface area contributed by atoms with E-state index in [0.717, 1.165) is 19.4 Å². The number of rotatable bonds is 2. The molecule has 2 heteroatoms. The van der Waals surface area contributed by atoms with Gasteiger partial charge in [-0.15, -0.1) is 6.42 Å². The summed E-state index contributed by atoms with van der Waals surface area (Å²) in [6.45, 7) is 1.60. The highest BCUT2D eigenvalue weighted by Gasteiger charge is 2.42. The van der Waals surface area contributed by atoms with Gasteiger partial charge < -0.3 is 10.1 Å². The quantitative estimate of drug-likeness (QED) is 0.645. The Morgan fingerprint density at radius 2 is 2.38 bits per heavy atom. The molecule has 1 heterocycles. The molecule has 2 nitrogen and oxygen atoms in total. The summed E-state index contributed by atoms with van der Waals surface area (Å²) in [5, 5.41) is 3.38. The van der Waals surface area contributed by atoms with Crippen LogP contribution in [-0.2, 0) is 4.74 Å². The van der Waals surface area contributed by atoms with Gasteiger partial charge in [0.1, 0.15) is 0 Å². The maximum Gasteiger partial charge on any atom is 0.0697 e. The zero-order valence-electron chi connectivity index (χ0n) is 8.01. The van der Waals surface area contributed by atoms with Gasteiger partial charge >= 0.3 is 0 Å². The van der Waals surface area contributed by atoms with Crippen molar-refractivity contribution in [2.24, 2.45) is 0 Å². The van der Waals surface area contributed by atoms with Gasteiger partial charge in [-0.2, -0.15) is 0 Å².